The van der Waals surface area contributed by atoms with Crippen LogP contribution in [0.4, 0.5) is 17.6 Å². The Morgan fingerprint density at radius 2 is 1.81 bits per heavy atom. The molecule has 2 rings (SSSR count). The molecule has 3 nitrogen and oxygen atoms in total. The third-order valence-corrected chi connectivity index (χ3v) is 2.62. The third kappa shape index (κ3) is 3.50. The van der Waals surface area contributed by atoms with E-state index >= 15 is 0 Å². The van der Waals surface area contributed by atoms with Gasteiger partial charge in [0, 0.05) is 0 Å². The number of hydrogen-bond donors (Lipinski definition) is 2. The predicted octanol–water partition coefficient (Wildman–Crippen LogP) is 3.92. The van der Waals surface area contributed by atoms with Gasteiger partial charge >= 0.3 is 6.18 Å². The summed E-state index contributed by atoms with van der Waals surface area (Å²) in [6.45, 7) is 0. The lowest BCUT2D eigenvalue weighted by molar-refractivity contribution is -0.137. The van der Waals surface area contributed by atoms with Crippen LogP contribution >= 0.6 is 0 Å². The van der Waals surface area contributed by atoms with Gasteiger partial charge in [0.05, 0.1) is 11.1 Å². The number of ether oxygens (including phenoxy) is 1. The van der Waals surface area contributed by atoms with Gasteiger partial charge in [0.1, 0.15) is 23.2 Å². The zero-order chi connectivity index (χ0) is 15.6. The van der Waals surface area contributed by atoms with Crippen LogP contribution < -0.4 is 10.5 Å². The maximum absolute atomic E-state index is 13.1. The molecule has 0 bridgehead atoms. The van der Waals surface area contributed by atoms with Crippen molar-refractivity contribution in [3.63, 3.8) is 0 Å². The minimum absolute atomic E-state index is 0.00299. The molecule has 2 aromatic carbocycles. The van der Waals surface area contributed by atoms with E-state index in [0.29, 0.717) is 0 Å². The summed E-state index contributed by atoms with van der Waals surface area (Å²) in [5.41, 5.74) is 4.39. The van der Waals surface area contributed by atoms with Gasteiger partial charge < -0.3 is 10.5 Å². The molecule has 0 aliphatic heterocycles. The monoisotopic (exact) mass is 298 g/mol. The zero-order valence-corrected chi connectivity index (χ0v) is 10.5. The van der Waals surface area contributed by atoms with Crippen molar-refractivity contribution in [1.29, 1.82) is 5.41 Å². The molecule has 0 saturated heterocycles. The maximum Gasteiger partial charge on any atom is 0.416 e. The molecule has 0 heterocycles. The molecule has 0 saturated carbocycles. The second-order valence-corrected chi connectivity index (χ2v) is 4.18. The lowest BCUT2D eigenvalue weighted by atomic mass is 10.1. The van der Waals surface area contributed by atoms with Crippen LogP contribution in [0.25, 0.3) is 0 Å². The maximum atomic E-state index is 13.1. The summed E-state index contributed by atoms with van der Waals surface area (Å²) in [5, 5.41) is 7.33. The molecule has 3 N–H and O–H groups in total. The molecule has 0 aromatic heterocycles. The van der Waals surface area contributed by atoms with Gasteiger partial charge in [-0.25, -0.2) is 4.39 Å². The molecule has 0 aliphatic rings. The van der Waals surface area contributed by atoms with Gasteiger partial charge in [0.25, 0.3) is 0 Å². The second kappa shape index (κ2) is 5.43. The standard InChI is InChI=1S/C14H10F4N2O/c15-9-4-5-12(11(7-9)13(19)20)21-10-3-1-2-8(6-10)14(16,17)18/h1-7H,(H3,19,20). The third-order valence-electron chi connectivity index (χ3n) is 2.62. The molecule has 0 aliphatic carbocycles. The normalized spacial score (nSPS) is 11.2. The number of nitrogen functional groups attached to an aromatic ring is 1. The number of nitrogens with one attached hydrogen (secondary N) is 1. The van der Waals surface area contributed by atoms with Crippen LogP contribution in [0.15, 0.2) is 42.5 Å². The summed E-state index contributed by atoms with van der Waals surface area (Å²) in [7, 11) is 0. The van der Waals surface area contributed by atoms with E-state index in [1.54, 1.807) is 0 Å². The molecule has 21 heavy (non-hydrogen) atoms. The van der Waals surface area contributed by atoms with E-state index in [1.165, 1.54) is 18.2 Å². The first-order valence-electron chi connectivity index (χ1n) is 5.76. The molecular weight excluding hydrogens is 288 g/mol. The fourth-order valence-corrected chi connectivity index (χ4v) is 1.66. The van der Waals surface area contributed by atoms with Gasteiger partial charge in [-0.1, -0.05) is 6.07 Å². The molecular formula is C14H10F4N2O. The molecule has 2 aromatic rings. The number of alkyl halides is 3. The van der Waals surface area contributed by atoms with Gasteiger partial charge in [0.15, 0.2) is 0 Å². The number of nitrogens with two attached hydrogens (primary N) is 1. The summed E-state index contributed by atoms with van der Waals surface area (Å²) in [4.78, 5) is 0. The van der Waals surface area contributed by atoms with Crippen LogP contribution in [-0.2, 0) is 6.18 Å². The number of halogens is 4. The largest absolute Gasteiger partial charge is 0.457 e. The molecule has 0 atom stereocenters. The average molecular weight is 298 g/mol. The van der Waals surface area contributed by atoms with Crippen molar-refractivity contribution in [3.8, 4) is 11.5 Å². The molecule has 0 amide bonds. The minimum Gasteiger partial charge on any atom is -0.457 e. The molecule has 110 valence electrons. The summed E-state index contributed by atoms with van der Waals surface area (Å²) < 4.78 is 56.2. The quantitative estimate of drug-likeness (QED) is 0.512. The Kier molecular flexibility index (Phi) is 3.84. The first-order chi connectivity index (χ1) is 9.77. The van der Waals surface area contributed by atoms with Crippen molar-refractivity contribution < 1.29 is 22.3 Å². The van der Waals surface area contributed by atoms with E-state index in [9.17, 15) is 17.6 Å². The predicted molar refractivity (Wildman–Crippen MR) is 68.9 cm³/mol. The molecule has 0 unspecified atom stereocenters. The Hall–Kier alpha value is -2.57. The Balaban J connectivity index is 2.37. The number of amidine groups is 1. The van der Waals surface area contributed by atoms with Crippen LogP contribution in [0.5, 0.6) is 11.5 Å². The SMILES string of the molecule is N=C(N)c1cc(F)ccc1Oc1cccc(C(F)(F)F)c1. The fraction of sp³-hybridized carbons (Fsp3) is 0.0714. The van der Waals surface area contributed by atoms with Crippen LogP contribution in [0, 0.1) is 11.2 Å². The molecule has 7 heteroatoms. The van der Waals surface area contributed by atoms with Crippen molar-refractivity contribution >= 4 is 5.84 Å². The van der Waals surface area contributed by atoms with Crippen LogP contribution in [0.2, 0.25) is 0 Å². The Labute approximate surface area is 117 Å². The summed E-state index contributed by atoms with van der Waals surface area (Å²) in [6, 6.07) is 7.47. The van der Waals surface area contributed by atoms with E-state index in [1.807, 2.05) is 0 Å². The van der Waals surface area contributed by atoms with Crippen molar-refractivity contribution in [3.05, 3.63) is 59.4 Å². The van der Waals surface area contributed by atoms with E-state index in [0.717, 1.165) is 24.3 Å². The summed E-state index contributed by atoms with van der Waals surface area (Å²) in [6.07, 6.45) is -4.49. The first kappa shape index (κ1) is 14.8. The van der Waals surface area contributed by atoms with Crippen molar-refractivity contribution in [2.24, 2.45) is 5.73 Å². The van der Waals surface area contributed by atoms with Crippen molar-refractivity contribution in [1.82, 2.24) is 0 Å². The smallest absolute Gasteiger partial charge is 0.416 e. The number of rotatable bonds is 3. The van der Waals surface area contributed by atoms with Gasteiger partial charge in [-0.05, 0) is 36.4 Å². The highest BCUT2D eigenvalue weighted by molar-refractivity contribution is 5.97. The number of hydrogen-bond acceptors (Lipinski definition) is 2. The van der Waals surface area contributed by atoms with Gasteiger partial charge in [0.2, 0.25) is 0 Å². The number of benzene rings is 2. The van der Waals surface area contributed by atoms with Gasteiger partial charge in [-0.2, -0.15) is 13.2 Å². The highest BCUT2D eigenvalue weighted by atomic mass is 19.4. The Morgan fingerprint density at radius 1 is 1.10 bits per heavy atom. The van der Waals surface area contributed by atoms with Crippen LogP contribution in [-0.4, -0.2) is 5.84 Å². The topological polar surface area (TPSA) is 59.1 Å². The Bertz CT molecular complexity index is 683. The summed E-state index contributed by atoms with van der Waals surface area (Å²) >= 11 is 0. The molecule has 0 fully saturated rings. The van der Waals surface area contributed by atoms with Gasteiger partial charge in [-0.15, -0.1) is 0 Å². The Morgan fingerprint density at radius 3 is 2.43 bits per heavy atom. The van der Waals surface area contributed by atoms with Crippen molar-refractivity contribution in [2.75, 3.05) is 0 Å². The zero-order valence-electron chi connectivity index (χ0n) is 10.5. The average Bonchev–Trinajstić information content (AvgIpc) is 2.40. The van der Waals surface area contributed by atoms with E-state index in [-0.39, 0.29) is 17.1 Å². The van der Waals surface area contributed by atoms with E-state index < -0.39 is 23.4 Å². The van der Waals surface area contributed by atoms with E-state index in [4.69, 9.17) is 15.9 Å². The first-order valence-corrected chi connectivity index (χ1v) is 5.76. The van der Waals surface area contributed by atoms with Crippen LogP contribution in [0.1, 0.15) is 11.1 Å². The minimum atomic E-state index is -4.49. The van der Waals surface area contributed by atoms with E-state index in [2.05, 4.69) is 0 Å². The van der Waals surface area contributed by atoms with Gasteiger partial charge in [-0.3, -0.25) is 5.41 Å². The lowest BCUT2D eigenvalue weighted by Gasteiger charge is -2.12. The lowest BCUT2D eigenvalue weighted by Crippen LogP contribution is -2.12. The highest BCUT2D eigenvalue weighted by Crippen LogP contribution is 2.33. The van der Waals surface area contributed by atoms with Crippen molar-refractivity contribution in [2.45, 2.75) is 6.18 Å². The second-order valence-electron chi connectivity index (χ2n) is 4.18. The molecule has 0 radical (unpaired) electrons. The molecule has 0 spiro atoms. The van der Waals surface area contributed by atoms with Crippen LogP contribution in [0.3, 0.4) is 0 Å². The fourth-order valence-electron chi connectivity index (χ4n) is 1.66. The summed E-state index contributed by atoms with van der Waals surface area (Å²) in [5.74, 6) is -1.16. The highest BCUT2D eigenvalue weighted by Gasteiger charge is 2.30.